The standard InChI is InChI=1S/C27H26FN3O2S/c28-23-9-5-4-8-20(23)14-29-25-22(15-30-24-21(16-32)17-34-26(24)25)27(33)31-12-10-19(11-13-31)18-6-2-1-3-7-18/h1-9,15,17,19,32H,10-14,16H2,(H,29,30). The van der Waals surface area contributed by atoms with E-state index in [1.165, 1.54) is 23.0 Å². The van der Waals surface area contributed by atoms with Crippen LogP contribution in [0.4, 0.5) is 10.1 Å². The van der Waals surface area contributed by atoms with E-state index in [0.717, 1.165) is 23.1 Å². The summed E-state index contributed by atoms with van der Waals surface area (Å²) in [7, 11) is 0. The Morgan fingerprint density at radius 3 is 2.56 bits per heavy atom. The predicted octanol–water partition coefficient (Wildman–Crippen LogP) is 5.56. The fourth-order valence-electron chi connectivity index (χ4n) is 4.61. The van der Waals surface area contributed by atoms with Gasteiger partial charge in [0.25, 0.3) is 5.91 Å². The fraction of sp³-hybridized carbons (Fsp3) is 0.259. The zero-order chi connectivity index (χ0) is 23.5. The first kappa shape index (κ1) is 22.5. The molecule has 1 fully saturated rings. The van der Waals surface area contributed by atoms with E-state index in [-0.39, 0.29) is 24.9 Å². The molecule has 5 rings (SSSR count). The number of piperidine rings is 1. The number of pyridine rings is 1. The molecule has 4 aromatic rings. The van der Waals surface area contributed by atoms with Gasteiger partial charge in [-0.15, -0.1) is 11.3 Å². The third kappa shape index (κ3) is 4.41. The SMILES string of the molecule is O=C(c1cnc2c(CO)csc2c1NCc1ccccc1F)N1CCC(c2ccccc2)CC1. The Kier molecular flexibility index (Phi) is 6.56. The Hall–Kier alpha value is -3.29. The summed E-state index contributed by atoms with van der Waals surface area (Å²) in [5.74, 6) is 0.0863. The average molecular weight is 476 g/mol. The number of hydrogen-bond acceptors (Lipinski definition) is 5. The van der Waals surface area contributed by atoms with Crippen LogP contribution in [0.5, 0.6) is 0 Å². The van der Waals surface area contributed by atoms with Gasteiger partial charge < -0.3 is 15.3 Å². The van der Waals surface area contributed by atoms with E-state index in [0.29, 0.717) is 41.3 Å². The van der Waals surface area contributed by atoms with Crippen molar-refractivity contribution in [2.75, 3.05) is 18.4 Å². The number of rotatable bonds is 6. The van der Waals surface area contributed by atoms with E-state index in [9.17, 15) is 14.3 Å². The highest BCUT2D eigenvalue weighted by Gasteiger charge is 2.27. The van der Waals surface area contributed by atoms with Crippen LogP contribution in [0.3, 0.4) is 0 Å². The van der Waals surface area contributed by atoms with Gasteiger partial charge in [0.05, 0.1) is 28.1 Å². The molecule has 34 heavy (non-hydrogen) atoms. The predicted molar refractivity (Wildman–Crippen MR) is 134 cm³/mol. The van der Waals surface area contributed by atoms with Crippen molar-refractivity contribution in [3.63, 3.8) is 0 Å². The molecule has 0 aliphatic carbocycles. The van der Waals surface area contributed by atoms with Crippen LogP contribution in [0, 0.1) is 5.82 Å². The molecule has 0 radical (unpaired) electrons. The maximum absolute atomic E-state index is 14.2. The molecule has 0 spiro atoms. The van der Waals surface area contributed by atoms with E-state index >= 15 is 0 Å². The summed E-state index contributed by atoms with van der Waals surface area (Å²) in [5.41, 5.74) is 4.36. The lowest BCUT2D eigenvalue weighted by Gasteiger charge is -2.32. The second-order valence-electron chi connectivity index (χ2n) is 8.57. The molecule has 5 nitrogen and oxygen atoms in total. The summed E-state index contributed by atoms with van der Waals surface area (Å²) in [6, 6.07) is 17.0. The molecular formula is C27H26FN3O2S. The van der Waals surface area contributed by atoms with Gasteiger partial charge in [0.15, 0.2) is 0 Å². The molecule has 174 valence electrons. The molecule has 2 N–H and O–H groups in total. The Bertz CT molecular complexity index is 1300. The maximum Gasteiger partial charge on any atom is 0.257 e. The molecule has 1 aliphatic heterocycles. The number of amides is 1. The van der Waals surface area contributed by atoms with Crippen molar-refractivity contribution < 1.29 is 14.3 Å². The smallest absolute Gasteiger partial charge is 0.257 e. The minimum atomic E-state index is -0.293. The van der Waals surface area contributed by atoms with Gasteiger partial charge in [-0.1, -0.05) is 48.5 Å². The van der Waals surface area contributed by atoms with E-state index < -0.39 is 0 Å². The van der Waals surface area contributed by atoms with Gasteiger partial charge in [0, 0.05) is 37.0 Å². The first-order chi connectivity index (χ1) is 16.7. The van der Waals surface area contributed by atoms with Crippen LogP contribution >= 0.6 is 11.3 Å². The normalized spacial score (nSPS) is 14.5. The molecule has 0 unspecified atom stereocenters. The van der Waals surface area contributed by atoms with Gasteiger partial charge in [-0.3, -0.25) is 9.78 Å². The van der Waals surface area contributed by atoms with Crippen molar-refractivity contribution in [3.8, 4) is 0 Å². The molecule has 1 amide bonds. The number of hydrogen-bond donors (Lipinski definition) is 2. The molecule has 2 aromatic heterocycles. The number of likely N-dealkylation sites (tertiary alicyclic amines) is 1. The van der Waals surface area contributed by atoms with Gasteiger partial charge in [-0.25, -0.2) is 4.39 Å². The second-order valence-corrected chi connectivity index (χ2v) is 9.45. The summed E-state index contributed by atoms with van der Waals surface area (Å²) >= 11 is 1.43. The third-order valence-electron chi connectivity index (χ3n) is 6.52. The molecule has 1 saturated heterocycles. The number of nitrogens with zero attached hydrogens (tertiary/aromatic N) is 2. The number of benzene rings is 2. The van der Waals surface area contributed by atoms with Crippen LogP contribution in [-0.2, 0) is 13.2 Å². The van der Waals surface area contributed by atoms with Gasteiger partial charge in [0.1, 0.15) is 5.82 Å². The second kappa shape index (κ2) is 9.91. The van der Waals surface area contributed by atoms with Crippen molar-refractivity contribution in [2.24, 2.45) is 0 Å². The highest BCUT2D eigenvalue weighted by atomic mass is 32.1. The molecule has 0 bridgehead atoms. The number of thiophene rings is 1. The Morgan fingerprint density at radius 1 is 1.09 bits per heavy atom. The largest absolute Gasteiger partial charge is 0.392 e. The number of carbonyl (C=O) groups is 1. The Balaban J connectivity index is 1.41. The summed E-state index contributed by atoms with van der Waals surface area (Å²) in [4.78, 5) is 20.0. The number of nitrogens with one attached hydrogen (secondary N) is 1. The van der Waals surface area contributed by atoms with E-state index in [2.05, 4.69) is 34.6 Å². The fourth-order valence-corrected chi connectivity index (χ4v) is 5.65. The van der Waals surface area contributed by atoms with Crippen LogP contribution in [0.1, 0.15) is 45.8 Å². The highest BCUT2D eigenvalue weighted by Crippen LogP contribution is 2.36. The number of aromatic nitrogens is 1. The van der Waals surface area contributed by atoms with Crippen LogP contribution in [-0.4, -0.2) is 34.0 Å². The van der Waals surface area contributed by atoms with Gasteiger partial charge in [-0.05, 0) is 35.8 Å². The lowest BCUT2D eigenvalue weighted by Crippen LogP contribution is -2.38. The number of anilines is 1. The molecular weight excluding hydrogens is 449 g/mol. The number of aliphatic hydroxyl groups is 1. The number of halogens is 1. The number of carbonyl (C=O) groups excluding carboxylic acids is 1. The lowest BCUT2D eigenvalue weighted by molar-refractivity contribution is 0.0713. The molecule has 3 heterocycles. The Labute approximate surface area is 201 Å². The van der Waals surface area contributed by atoms with Crippen molar-refractivity contribution in [1.82, 2.24) is 9.88 Å². The quantitative estimate of drug-likeness (QED) is 0.383. The zero-order valence-corrected chi connectivity index (χ0v) is 19.5. The van der Waals surface area contributed by atoms with Crippen molar-refractivity contribution in [3.05, 3.63) is 94.2 Å². The van der Waals surface area contributed by atoms with Gasteiger partial charge >= 0.3 is 0 Å². The number of fused-ring (bicyclic) bond motifs is 1. The Morgan fingerprint density at radius 2 is 1.82 bits per heavy atom. The van der Waals surface area contributed by atoms with E-state index in [1.54, 1.807) is 24.4 Å². The average Bonchev–Trinajstić information content (AvgIpc) is 3.32. The maximum atomic E-state index is 14.2. The highest BCUT2D eigenvalue weighted by molar-refractivity contribution is 7.18. The number of aliphatic hydroxyl groups excluding tert-OH is 1. The van der Waals surface area contributed by atoms with Crippen LogP contribution < -0.4 is 5.32 Å². The minimum absolute atomic E-state index is 0.0732. The minimum Gasteiger partial charge on any atom is -0.392 e. The summed E-state index contributed by atoms with van der Waals surface area (Å²) in [6.07, 6.45) is 3.41. The topological polar surface area (TPSA) is 65.5 Å². The molecule has 7 heteroatoms. The van der Waals surface area contributed by atoms with Crippen LogP contribution in [0.15, 0.2) is 66.2 Å². The van der Waals surface area contributed by atoms with Crippen molar-refractivity contribution in [2.45, 2.75) is 31.9 Å². The molecule has 2 aromatic carbocycles. The van der Waals surface area contributed by atoms with Crippen LogP contribution in [0.2, 0.25) is 0 Å². The summed E-state index contributed by atoms with van der Waals surface area (Å²) in [5, 5.41) is 14.8. The third-order valence-corrected chi connectivity index (χ3v) is 7.56. The zero-order valence-electron chi connectivity index (χ0n) is 18.7. The summed E-state index contributed by atoms with van der Waals surface area (Å²) < 4.78 is 15.0. The lowest BCUT2D eigenvalue weighted by atomic mass is 9.89. The molecule has 0 saturated carbocycles. The van der Waals surface area contributed by atoms with Gasteiger partial charge in [-0.2, -0.15) is 0 Å². The van der Waals surface area contributed by atoms with E-state index in [4.69, 9.17) is 0 Å². The first-order valence-corrected chi connectivity index (χ1v) is 12.3. The molecule has 0 atom stereocenters. The molecule has 1 aliphatic rings. The first-order valence-electron chi connectivity index (χ1n) is 11.5. The van der Waals surface area contributed by atoms with Crippen molar-refractivity contribution >= 4 is 33.1 Å². The van der Waals surface area contributed by atoms with Gasteiger partial charge in [0.2, 0.25) is 0 Å². The van der Waals surface area contributed by atoms with Crippen LogP contribution in [0.25, 0.3) is 10.2 Å². The summed E-state index contributed by atoms with van der Waals surface area (Å²) in [6.45, 7) is 1.47. The monoisotopic (exact) mass is 475 g/mol. The van der Waals surface area contributed by atoms with Crippen molar-refractivity contribution in [1.29, 1.82) is 0 Å². The van der Waals surface area contributed by atoms with E-state index in [1.807, 2.05) is 16.3 Å².